The maximum Gasteiger partial charge on any atom is 0.319 e. The van der Waals surface area contributed by atoms with E-state index in [1.54, 1.807) is 25.1 Å². The predicted molar refractivity (Wildman–Crippen MR) is 144 cm³/mol. The van der Waals surface area contributed by atoms with Gasteiger partial charge in [0.25, 0.3) is 0 Å². The van der Waals surface area contributed by atoms with Crippen molar-refractivity contribution in [2.45, 2.75) is 19.8 Å². The van der Waals surface area contributed by atoms with Gasteiger partial charge in [0.2, 0.25) is 11.8 Å². The fourth-order valence-electron chi connectivity index (χ4n) is 3.77. The van der Waals surface area contributed by atoms with Crippen molar-refractivity contribution in [2.75, 3.05) is 24.8 Å². The van der Waals surface area contributed by atoms with Crippen LogP contribution in [0.4, 0.5) is 5.69 Å². The first-order chi connectivity index (χ1) is 17.6. The van der Waals surface area contributed by atoms with E-state index in [1.165, 1.54) is 12.1 Å². The van der Waals surface area contributed by atoms with Crippen LogP contribution in [0.1, 0.15) is 24.0 Å². The van der Waals surface area contributed by atoms with Gasteiger partial charge in [-0.3, -0.25) is 14.4 Å². The Labute approximate surface area is 233 Å². The van der Waals surface area contributed by atoms with Gasteiger partial charge in [-0.15, -0.1) is 0 Å². The molecule has 1 heterocycles. The number of nitriles is 1. The van der Waals surface area contributed by atoms with Crippen molar-refractivity contribution in [2.24, 2.45) is 5.92 Å². The fourth-order valence-corrected chi connectivity index (χ4v) is 5.41. The lowest BCUT2D eigenvalue weighted by molar-refractivity contribution is -0.150. The number of hydrogen-bond acceptors (Lipinski definition) is 7. The topological polar surface area (TPSA) is 118 Å². The highest BCUT2D eigenvalue weighted by Crippen LogP contribution is 2.44. The summed E-state index contributed by atoms with van der Waals surface area (Å²) in [6, 6.07) is 10.2. The third-order valence-electron chi connectivity index (χ3n) is 5.47. The van der Waals surface area contributed by atoms with Crippen molar-refractivity contribution in [3.05, 3.63) is 67.1 Å². The van der Waals surface area contributed by atoms with E-state index >= 15 is 0 Å². The van der Waals surface area contributed by atoms with Crippen LogP contribution < -0.4 is 15.4 Å². The van der Waals surface area contributed by atoms with Crippen LogP contribution in [0.25, 0.3) is 0 Å². The Balaban J connectivity index is 1.97. The normalized spacial score (nSPS) is 17.1. The number of ether oxygens (including phenoxy) is 2. The first-order valence-electron chi connectivity index (χ1n) is 10.9. The number of nitrogens with one attached hydrogen (secondary N) is 2. The minimum atomic E-state index is -1.38. The van der Waals surface area contributed by atoms with Crippen molar-refractivity contribution in [1.29, 1.82) is 5.26 Å². The van der Waals surface area contributed by atoms with E-state index in [9.17, 15) is 19.6 Å². The summed E-state index contributed by atoms with van der Waals surface area (Å²) in [5.41, 5.74) is 1.76. The maximum absolute atomic E-state index is 13.0. The first kappa shape index (κ1) is 28.7. The third-order valence-corrected chi connectivity index (χ3v) is 7.29. The van der Waals surface area contributed by atoms with Crippen LogP contribution in [0.3, 0.4) is 0 Å². The molecule has 2 aromatic carbocycles. The summed E-state index contributed by atoms with van der Waals surface area (Å²) in [7, 11) is 1.15. The number of amides is 2. The number of rotatable bonds is 8. The summed E-state index contributed by atoms with van der Waals surface area (Å²) in [6.07, 6.45) is 0. The van der Waals surface area contributed by atoms with Crippen LogP contribution in [0.2, 0.25) is 15.1 Å². The molecule has 0 saturated heterocycles. The molecule has 3 rings (SSSR count). The lowest BCUT2D eigenvalue weighted by Gasteiger charge is -2.31. The molecule has 0 fully saturated rings. The number of halogens is 3. The summed E-state index contributed by atoms with van der Waals surface area (Å²) < 4.78 is 10.3. The molecule has 37 heavy (non-hydrogen) atoms. The number of thioether (sulfide) groups is 1. The van der Waals surface area contributed by atoms with Crippen molar-refractivity contribution in [3.63, 3.8) is 0 Å². The van der Waals surface area contributed by atoms with Gasteiger partial charge in [-0.2, -0.15) is 5.26 Å². The summed E-state index contributed by atoms with van der Waals surface area (Å²) in [4.78, 5) is 38.3. The van der Waals surface area contributed by atoms with Crippen LogP contribution >= 0.6 is 46.6 Å². The smallest absolute Gasteiger partial charge is 0.319 e. The molecule has 0 radical (unpaired) electrons. The van der Waals surface area contributed by atoms with Gasteiger partial charge < -0.3 is 20.1 Å². The van der Waals surface area contributed by atoms with Crippen LogP contribution in [0, 0.1) is 24.2 Å². The van der Waals surface area contributed by atoms with E-state index in [0.29, 0.717) is 22.9 Å². The Morgan fingerprint density at radius 2 is 1.86 bits per heavy atom. The lowest BCUT2D eigenvalue weighted by Crippen LogP contribution is -2.44. The largest absolute Gasteiger partial charge is 0.491 e. The standard InChI is InChI=1S/C25H22Cl3N3O5S/c1-4-36-22-16(27)7-13(8-17(22)28)20-15(10-29)24(31-23(33)21(20)25(34)35-3)37-11-19(32)30-18-9-14(26)6-5-12(18)2/h5-9,20-21H,4,11H2,1-3H3,(H,30,32)(H,31,33)/t20-,21+/m1/s1. The highest BCUT2D eigenvalue weighted by atomic mass is 35.5. The zero-order valence-corrected chi connectivity index (χ0v) is 23.1. The Hall–Kier alpha value is -2.90. The molecule has 1 aliphatic rings. The number of anilines is 1. The van der Waals surface area contributed by atoms with Gasteiger partial charge in [0.1, 0.15) is 5.92 Å². The molecule has 0 spiro atoms. The maximum atomic E-state index is 13.0. The van der Waals surface area contributed by atoms with Crippen molar-refractivity contribution >= 4 is 70.0 Å². The molecule has 2 aromatic rings. The van der Waals surface area contributed by atoms with Crippen molar-refractivity contribution in [1.82, 2.24) is 5.32 Å². The number of carbonyl (C=O) groups excluding carboxylic acids is 3. The predicted octanol–water partition coefficient (Wildman–Crippen LogP) is 5.46. The van der Waals surface area contributed by atoms with Crippen LogP contribution in [0.15, 0.2) is 40.9 Å². The number of benzene rings is 2. The summed E-state index contributed by atoms with van der Waals surface area (Å²) in [5, 5.41) is 16.3. The molecular weight excluding hydrogens is 561 g/mol. The number of allylic oxidation sites excluding steroid dienone is 1. The molecule has 0 saturated carbocycles. The van der Waals surface area contributed by atoms with Gasteiger partial charge in [0, 0.05) is 16.6 Å². The van der Waals surface area contributed by atoms with E-state index < -0.39 is 23.7 Å². The zero-order chi connectivity index (χ0) is 27.3. The van der Waals surface area contributed by atoms with E-state index in [0.717, 1.165) is 24.4 Å². The molecule has 0 aliphatic carbocycles. The van der Waals surface area contributed by atoms with Crippen LogP contribution in [0.5, 0.6) is 5.75 Å². The molecule has 1 aliphatic heterocycles. The molecule has 0 aromatic heterocycles. The van der Waals surface area contributed by atoms with E-state index in [-0.39, 0.29) is 38.1 Å². The first-order valence-corrected chi connectivity index (χ1v) is 13.1. The number of hydrogen-bond donors (Lipinski definition) is 2. The van der Waals surface area contributed by atoms with Gasteiger partial charge in [-0.05, 0) is 49.2 Å². The molecule has 2 amide bonds. The SMILES string of the molecule is CCOc1c(Cl)cc([C@@H]2C(C#N)=C(SCC(=O)Nc3cc(Cl)ccc3C)NC(=O)[C@H]2C(=O)OC)cc1Cl. The van der Waals surface area contributed by atoms with E-state index in [1.807, 2.05) is 6.92 Å². The zero-order valence-electron chi connectivity index (χ0n) is 20.0. The Kier molecular flexibility index (Phi) is 9.74. The Morgan fingerprint density at radius 3 is 2.46 bits per heavy atom. The molecular formula is C25H22Cl3N3O5S. The minimum absolute atomic E-state index is 0.0584. The van der Waals surface area contributed by atoms with Gasteiger partial charge in [-0.25, -0.2) is 0 Å². The number of aryl methyl sites for hydroxylation is 1. The molecule has 2 N–H and O–H groups in total. The van der Waals surface area contributed by atoms with Gasteiger partial charge in [0.15, 0.2) is 5.75 Å². The molecule has 0 unspecified atom stereocenters. The summed E-state index contributed by atoms with van der Waals surface area (Å²) in [6.45, 7) is 3.90. The number of esters is 1. The number of carbonyl (C=O) groups is 3. The second kappa shape index (κ2) is 12.6. The second-order valence-corrected chi connectivity index (χ2v) is 10.1. The molecule has 8 nitrogen and oxygen atoms in total. The average Bonchev–Trinajstić information content (AvgIpc) is 2.86. The Bertz CT molecular complexity index is 1300. The van der Waals surface area contributed by atoms with Crippen LogP contribution in [-0.4, -0.2) is 37.3 Å². The molecule has 194 valence electrons. The minimum Gasteiger partial charge on any atom is -0.491 e. The molecule has 12 heteroatoms. The van der Waals surface area contributed by atoms with E-state index in [2.05, 4.69) is 16.7 Å². The molecule has 0 bridgehead atoms. The third kappa shape index (κ3) is 6.51. The lowest BCUT2D eigenvalue weighted by atomic mass is 9.78. The highest BCUT2D eigenvalue weighted by molar-refractivity contribution is 8.03. The summed E-state index contributed by atoms with van der Waals surface area (Å²) in [5.74, 6) is -4.23. The quantitative estimate of drug-likeness (QED) is 0.313. The van der Waals surface area contributed by atoms with Gasteiger partial charge >= 0.3 is 5.97 Å². The fraction of sp³-hybridized carbons (Fsp3) is 0.280. The number of nitrogens with zero attached hydrogens (tertiary/aromatic N) is 1. The molecule has 2 atom stereocenters. The number of methoxy groups -OCH3 is 1. The van der Waals surface area contributed by atoms with Crippen molar-refractivity contribution in [3.8, 4) is 11.8 Å². The second-order valence-electron chi connectivity index (χ2n) is 7.87. The van der Waals surface area contributed by atoms with Crippen LogP contribution in [-0.2, 0) is 19.1 Å². The van der Waals surface area contributed by atoms with Gasteiger partial charge in [0.05, 0.1) is 46.2 Å². The van der Waals surface area contributed by atoms with Gasteiger partial charge in [-0.1, -0.05) is 52.6 Å². The van der Waals surface area contributed by atoms with Crippen molar-refractivity contribution < 1.29 is 23.9 Å². The van der Waals surface area contributed by atoms with E-state index in [4.69, 9.17) is 44.3 Å². The average molecular weight is 583 g/mol. The highest BCUT2D eigenvalue weighted by Gasteiger charge is 2.44. The Morgan fingerprint density at radius 1 is 1.19 bits per heavy atom. The summed E-state index contributed by atoms with van der Waals surface area (Å²) >= 11 is 19.7. The monoisotopic (exact) mass is 581 g/mol.